The van der Waals surface area contributed by atoms with Gasteiger partial charge >= 0.3 is 5.97 Å². The Hall–Kier alpha value is -1.62. The second-order valence-electron chi connectivity index (χ2n) is 5.90. The number of unbranched alkanes of at least 4 members (excludes halogenated alkanes) is 1. The first-order chi connectivity index (χ1) is 9.92. The fourth-order valence-corrected chi connectivity index (χ4v) is 2.30. The SMILES string of the molecule is CCCC/C(=N\OCc1ccccc1)C(=O)O[Si](C)(C)C. The lowest BCUT2D eigenvalue weighted by molar-refractivity contribution is -0.128. The van der Waals surface area contributed by atoms with Gasteiger partial charge < -0.3 is 9.26 Å². The molecule has 0 radical (unpaired) electrons. The summed E-state index contributed by atoms with van der Waals surface area (Å²) >= 11 is 0. The third-order valence-electron chi connectivity index (χ3n) is 2.65. The average Bonchev–Trinajstić information content (AvgIpc) is 2.41. The zero-order valence-electron chi connectivity index (χ0n) is 13.4. The number of benzene rings is 1. The second-order valence-corrected chi connectivity index (χ2v) is 10.3. The Morgan fingerprint density at radius 2 is 1.86 bits per heavy atom. The summed E-state index contributed by atoms with van der Waals surface area (Å²) in [6.45, 7) is 8.37. The summed E-state index contributed by atoms with van der Waals surface area (Å²) in [6.07, 6.45) is 2.49. The molecule has 0 fully saturated rings. The summed E-state index contributed by atoms with van der Waals surface area (Å²) in [5, 5.41) is 4.00. The lowest BCUT2D eigenvalue weighted by Crippen LogP contribution is -2.33. The Morgan fingerprint density at radius 1 is 1.19 bits per heavy atom. The van der Waals surface area contributed by atoms with Crippen molar-refractivity contribution in [1.82, 2.24) is 0 Å². The minimum Gasteiger partial charge on any atom is -0.515 e. The molecular formula is C16H25NO3Si. The van der Waals surface area contributed by atoms with Gasteiger partial charge in [0, 0.05) is 6.42 Å². The van der Waals surface area contributed by atoms with Crippen LogP contribution in [0.3, 0.4) is 0 Å². The van der Waals surface area contributed by atoms with E-state index in [1.165, 1.54) is 0 Å². The number of carbonyl (C=O) groups is 1. The smallest absolute Gasteiger partial charge is 0.342 e. The van der Waals surface area contributed by atoms with E-state index in [1.807, 2.05) is 50.0 Å². The van der Waals surface area contributed by atoms with E-state index in [0.717, 1.165) is 18.4 Å². The van der Waals surface area contributed by atoms with Crippen molar-refractivity contribution in [3.05, 3.63) is 35.9 Å². The van der Waals surface area contributed by atoms with Crippen LogP contribution < -0.4 is 0 Å². The minimum absolute atomic E-state index is 0.337. The van der Waals surface area contributed by atoms with Gasteiger partial charge in [0.1, 0.15) is 6.61 Å². The molecular weight excluding hydrogens is 282 g/mol. The van der Waals surface area contributed by atoms with Crippen molar-refractivity contribution >= 4 is 20.0 Å². The van der Waals surface area contributed by atoms with Crippen LogP contribution in [0.4, 0.5) is 0 Å². The normalized spacial score (nSPS) is 12.1. The van der Waals surface area contributed by atoms with Crippen LogP contribution in [0.2, 0.25) is 19.6 Å². The van der Waals surface area contributed by atoms with Crippen molar-refractivity contribution in [3.8, 4) is 0 Å². The van der Waals surface area contributed by atoms with Crippen molar-refractivity contribution in [3.63, 3.8) is 0 Å². The van der Waals surface area contributed by atoms with E-state index >= 15 is 0 Å². The summed E-state index contributed by atoms with van der Waals surface area (Å²) in [5.74, 6) is -0.337. The molecule has 0 aliphatic rings. The van der Waals surface area contributed by atoms with E-state index in [2.05, 4.69) is 12.1 Å². The molecule has 4 nitrogen and oxygen atoms in total. The lowest BCUT2D eigenvalue weighted by Gasteiger charge is -2.17. The van der Waals surface area contributed by atoms with E-state index in [4.69, 9.17) is 9.26 Å². The van der Waals surface area contributed by atoms with Crippen LogP contribution in [0, 0.1) is 0 Å². The van der Waals surface area contributed by atoms with Crippen LogP contribution in [-0.4, -0.2) is 20.0 Å². The van der Waals surface area contributed by atoms with E-state index in [-0.39, 0.29) is 5.97 Å². The van der Waals surface area contributed by atoms with E-state index in [0.29, 0.717) is 18.7 Å². The third kappa shape index (κ3) is 7.65. The molecule has 0 spiro atoms. The zero-order chi connectivity index (χ0) is 15.7. The Bertz CT molecular complexity index is 466. The maximum atomic E-state index is 12.1. The fraction of sp³-hybridized carbons (Fsp3) is 0.500. The largest absolute Gasteiger partial charge is 0.515 e. The molecule has 5 heteroatoms. The summed E-state index contributed by atoms with van der Waals surface area (Å²) in [7, 11) is -1.91. The van der Waals surface area contributed by atoms with E-state index in [9.17, 15) is 4.79 Å². The van der Waals surface area contributed by atoms with Crippen molar-refractivity contribution in [1.29, 1.82) is 0 Å². The molecule has 21 heavy (non-hydrogen) atoms. The number of hydrogen-bond acceptors (Lipinski definition) is 4. The molecule has 116 valence electrons. The number of carbonyl (C=O) groups excluding carboxylic acids is 1. The second kappa shape index (κ2) is 8.62. The monoisotopic (exact) mass is 307 g/mol. The van der Waals surface area contributed by atoms with Crippen LogP contribution in [-0.2, 0) is 20.7 Å². The lowest BCUT2D eigenvalue weighted by atomic mass is 10.2. The topological polar surface area (TPSA) is 47.9 Å². The van der Waals surface area contributed by atoms with Gasteiger partial charge in [-0.15, -0.1) is 0 Å². The van der Waals surface area contributed by atoms with Crippen molar-refractivity contribution in [2.45, 2.75) is 52.4 Å². The summed E-state index contributed by atoms with van der Waals surface area (Å²) in [6, 6.07) is 9.76. The Kier molecular flexibility index (Phi) is 7.15. The van der Waals surface area contributed by atoms with Crippen molar-refractivity contribution < 1.29 is 14.1 Å². The highest BCUT2D eigenvalue weighted by atomic mass is 28.4. The summed E-state index contributed by atoms with van der Waals surface area (Å²) < 4.78 is 5.49. The van der Waals surface area contributed by atoms with Crippen molar-refractivity contribution in [2.24, 2.45) is 5.16 Å². The van der Waals surface area contributed by atoms with Gasteiger partial charge in [-0.1, -0.05) is 48.8 Å². The maximum absolute atomic E-state index is 12.1. The summed E-state index contributed by atoms with van der Waals surface area (Å²) in [5.41, 5.74) is 1.41. The van der Waals surface area contributed by atoms with Crippen LogP contribution in [0.1, 0.15) is 31.7 Å². The summed E-state index contributed by atoms with van der Waals surface area (Å²) in [4.78, 5) is 17.4. The van der Waals surface area contributed by atoms with Gasteiger partial charge in [-0.05, 0) is 31.6 Å². The first-order valence-corrected chi connectivity index (χ1v) is 10.8. The van der Waals surface area contributed by atoms with Gasteiger partial charge in [-0.3, -0.25) is 0 Å². The zero-order valence-corrected chi connectivity index (χ0v) is 14.4. The standard InChI is InChI=1S/C16H25NO3Si/c1-5-6-12-15(16(18)20-21(2,3)4)17-19-13-14-10-8-7-9-11-14/h7-11H,5-6,12-13H2,1-4H3/b17-15+. The van der Waals surface area contributed by atoms with Gasteiger partial charge in [0.15, 0.2) is 5.71 Å². The van der Waals surface area contributed by atoms with Gasteiger partial charge in [0.25, 0.3) is 0 Å². The average molecular weight is 307 g/mol. The molecule has 0 atom stereocenters. The molecule has 0 aliphatic heterocycles. The maximum Gasteiger partial charge on any atom is 0.342 e. The molecule has 0 saturated heterocycles. The highest BCUT2D eigenvalue weighted by molar-refractivity contribution is 6.72. The molecule has 0 unspecified atom stereocenters. The van der Waals surface area contributed by atoms with Crippen LogP contribution in [0.15, 0.2) is 35.5 Å². The predicted octanol–water partition coefficient (Wildman–Crippen LogP) is 4.13. The highest BCUT2D eigenvalue weighted by Gasteiger charge is 2.23. The van der Waals surface area contributed by atoms with E-state index in [1.54, 1.807) is 0 Å². The number of oxime groups is 1. The van der Waals surface area contributed by atoms with Crippen LogP contribution in [0.25, 0.3) is 0 Å². The molecule has 1 rings (SSSR count). The molecule has 1 aromatic rings. The number of hydrogen-bond donors (Lipinski definition) is 0. The highest BCUT2D eigenvalue weighted by Crippen LogP contribution is 2.08. The first-order valence-electron chi connectivity index (χ1n) is 7.38. The van der Waals surface area contributed by atoms with Gasteiger partial charge in [0.2, 0.25) is 8.32 Å². The molecule has 0 heterocycles. The molecule has 0 amide bonds. The molecule has 0 saturated carbocycles. The molecule has 0 bridgehead atoms. The van der Waals surface area contributed by atoms with Gasteiger partial charge in [-0.2, -0.15) is 0 Å². The van der Waals surface area contributed by atoms with Gasteiger partial charge in [0.05, 0.1) is 0 Å². The Labute approximate surface area is 128 Å². The fourth-order valence-electron chi connectivity index (χ4n) is 1.63. The minimum atomic E-state index is -1.91. The Balaban J connectivity index is 2.63. The molecule has 1 aromatic carbocycles. The Morgan fingerprint density at radius 3 is 2.43 bits per heavy atom. The number of nitrogens with zero attached hydrogens (tertiary/aromatic N) is 1. The van der Waals surface area contributed by atoms with Gasteiger partial charge in [-0.25, -0.2) is 4.79 Å². The molecule has 0 N–H and O–H groups in total. The molecule has 0 aliphatic carbocycles. The predicted molar refractivity (Wildman–Crippen MR) is 87.6 cm³/mol. The quantitative estimate of drug-likeness (QED) is 0.412. The number of rotatable bonds is 8. The molecule has 0 aromatic heterocycles. The van der Waals surface area contributed by atoms with E-state index < -0.39 is 8.32 Å². The van der Waals surface area contributed by atoms with Crippen LogP contribution in [0.5, 0.6) is 0 Å². The van der Waals surface area contributed by atoms with Crippen molar-refractivity contribution in [2.75, 3.05) is 0 Å². The van der Waals surface area contributed by atoms with Crippen LogP contribution >= 0.6 is 0 Å². The first kappa shape index (κ1) is 17.4. The third-order valence-corrected chi connectivity index (χ3v) is 3.45.